The Hall–Kier alpha value is -2.86. The van der Waals surface area contributed by atoms with Crippen molar-refractivity contribution in [3.8, 4) is 0 Å². The van der Waals surface area contributed by atoms with Gasteiger partial charge >= 0.3 is 13.1 Å². The zero-order valence-corrected chi connectivity index (χ0v) is 21.8. The summed E-state index contributed by atoms with van der Waals surface area (Å²) >= 11 is 0. The van der Waals surface area contributed by atoms with E-state index in [2.05, 4.69) is 10.3 Å². The van der Waals surface area contributed by atoms with Crippen LogP contribution in [-0.4, -0.2) is 58.8 Å². The van der Waals surface area contributed by atoms with E-state index in [1.165, 1.54) is 18.6 Å². The van der Waals surface area contributed by atoms with Crippen LogP contribution in [0, 0.1) is 5.41 Å². The maximum absolute atomic E-state index is 14.2. The first-order valence-electron chi connectivity index (χ1n) is 12.2. The van der Waals surface area contributed by atoms with Crippen LogP contribution in [0.5, 0.6) is 0 Å². The van der Waals surface area contributed by atoms with Crippen LogP contribution in [0.2, 0.25) is 0 Å². The number of allylic oxidation sites excluding steroid dienone is 5. The van der Waals surface area contributed by atoms with Gasteiger partial charge in [-0.15, -0.1) is 0 Å². The second-order valence-electron chi connectivity index (χ2n) is 10.4. The molecule has 1 aromatic rings. The van der Waals surface area contributed by atoms with Crippen LogP contribution in [0.15, 0.2) is 40.8 Å². The molecule has 2 aliphatic heterocycles. The van der Waals surface area contributed by atoms with Gasteiger partial charge in [0, 0.05) is 29.5 Å². The number of rotatable bonds is 7. The minimum atomic E-state index is -2.91. The van der Waals surface area contributed by atoms with Gasteiger partial charge in [0.15, 0.2) is 6.04 Å². The van der Waals surface area contributed by atoms with Gasteiger partial charge < -0.3 is 23.9 Å². The molecule has 0 amide bonds. The van der Waals surface area contributed by atoms with Crippen LogP contribution >= 0.6 is 0 Å². The quantitative estimate of drug-likeness (QED) is 0.416. The number of ether oxygens (including phenoxy) is 1. The maximum atomic E-state index is 14.2. The van der Waals surface area contributed by atoms with E-state index in [4.69, 9.17) is 19.5 Å². The lowest BCUT2D eigenvalue weighted by molar-refractivity contribution is -0.145. The van der Waals surface area contributed by atoms with Crippen molar-refractivity contribution in [2.24, 2.45) is 0 Å². The van der Waals surface area contributed by atoms with Crippen molar-refractivity contribution >= 4 is 18.8 Å². The van der Waals surface area contributed by atoms with E-state index in [0.717, 1.165) is 0 Å². The monoisotopic (exact) mass is 520 g/mol. The van der Waals surface area contributed by atoms with Crippen molar-refractivity contribution in [2.75, 3.05) is 6.61 Å². The smallest absolute Gasteiger partial charge is 0.464 e. The van der Waals surface area contributed by atoms with Crippen molar-refractivity contribution < 1.29 is 32.0 Å². The molecule has 4 rings (SSSR count). The fourth-order valence-corrected chi connectivity index (χ4v) is 4.58. The van der Waals surface area contributed by atoms with Crippen molar-refractivity contribution in [3.63, 3.8) is 0 Å². The largest absolute Gasteiger partial charge is 0.495 e. The minimum Gasteiger partial charge on any atom is -0.464 e. The lowest BCUT2D eigenvalue weighted by Gasteiger charge is -2.32. The Balaban J connectivity index is 1.67. The molecule has 37 heavy (non-hydrogen) atoms. The SMILES string of the molecule is CCOC(=O)C(N/C=C1\C(=N)C(C)=C(B2OC(C)(C)C(C)(C)O2)C=C1C(F)F)c1ncn2c1C[C@@H](F)C2. The minimum absolute atomic E-state index is 0.0821. The van der Waals surface area contributed by atoms with Gasteiger partial charge in [-0.1, -0.05) is 6.08 Å². The molecule has 200 valence electrons. The predicted molar refractivity (Wildman–Crippen MR) is 132 cm³/mol. The van der Waals surface area contributed by atoms with E-state index in [-0.39, 0.29) is 36.6 Å². The molecule has 0 aromatic carbocycles. The number of carbonyl (C=O) groups excluding carboxylic acids is 1. The van der Waals surface area contributed by atoms with Crippen LogP contribution < -0.4 is 5.32 Å². The van der Waals surface area contributed by atoms with Crippen LogP contribution in [0.1, 0.15) is 59.0 Å². The summed E-state index contributed by atoms with van der Waals surface area (Å²) in [5.41, 5.74) is -0.442. The Kier molecular flexibility index (Phi) is 7.19. The number of hydrogen-bond acceptors (Lipinski definition) is 7. The zero-order valence-electron chi connectivity index (χ0n) is 21.8. The van der Waals surface area contributed by atoms with Gasteiger partial charge in [0.2, 0.25) is 0 Å². The number of fused-ring (bicyclic) bond motifs is 1. The van der Waals surface area contributed by atoms with Gasteiger partial charge in [0.1, 0.15) is 6.17 Å². The molecular weight excluding hydrogens is 488 g/mol. The summed E-state index contributed by atoms with van der Waals surface area (Å²) in [5.74, 6) is -0.682. The first kappa shape index (κ1) is 27.2. The van der Waals surface area contributed by atoms with E-state index >= 15 is 0 Å². The van der Waals surface area contributed by atoms with Crippen LogP contribution in [-0.2, 0) is 31.8 Å². The molecule has 3 heterocycles. The number of alkyl halides is 3. The Bertz CT molecular complexity index is 1190. The summed E-state index contributed by atoms with van der Waals surface area (Å²) in [4.78, 5) is 17.1. The number of nitrogens with one attached hydrogen (secondary N) is 2. The molecule has 3 aliphatic rings. The highest BCUT2D eigenvalue weighted by Gasteiger charge is 2.53. The van der Waals surface area contributed by atoms with Gasteiger partial charge in [0.05, 0.1) is 42.1 Å². The Morgan fingerprint density at radius 3 is 2.59 bits per heavy atom. The molecule has 2 N–H and O–H groups in total. The lowest BCUT2D eigenvalue weighted by atomic mass is 9.69. The zero-order chi connectivity index (χ0) is 27.3. The van der Waals surface area contributed by atoms with Gasteiger partial charge in [0.25, 0.3) is 6.43 Å². The van der Waals surface area contributed by atoms with E-state index in [9.17, 15) is 18.0 Å². The molecule has 1 aliphatic carbocycles. The van der Waals surface area contributed by atoms with Crippen molar-refractivity contribution in [2.45, 2.75) is 84.3 Å². The van der Waals surface area contributed by atoms with E-state index in [1.54, 1.807) is 18.4 Å². The van der Waals surface area contributed by atoms with Crippen molar-refractivity contribution in [3.05, 3.63) is 52.2 Å². The molecule has 0 spiro atoms. The van der Waals surface area contributed by atoms with E-state index in [0.29, 0.717) is 16.7 Å². The van der Waals surface area contributed by atoms with E-state index in [1.807, 2.05) is 27.7 Å². The fourth-order valence-electron chi connectivity index (χ4n) is 4.58. The average Bonchev–Trinajstić information content (AvgIpc) is 3.41. The highest BCUT2D eigenvalue weighted by Crippen LogP contribution is 2.41. The van der Waals surface area contributed by atoms with Crippen LogP contribution in [0.3, 0.4) is 0 Å². The summed E-state index contributed by atoms with van der Waals surface area (Å²) in [5, 5.41) is 11.5. The first-order chi connectivity index (χ1) is 17.3. The third-order valence-electron chi connectivity index (χ3n) is 7.42. The predicted octanol–water partition coefficient (Wildman–Crippen LogP) is 4.03. The second-order valence-corrected chi connectivity index (χ2v) is 10.4. The highest BCUT2D eigenvalue weighted by molar-refractivity contribution is 6.57. The molecule has 0 radical (unpaired) electrons. The Labute approximate surface area is 214 Å². The third kappa shape index (κ3) is 4.88. The normalized spacial score (nSPS) is 24.5. The average molecular weight is 520 g/mol. The van der Waals surface area contributed by atoms with Crippen LogP contribution in [0.4, 0.5) is 13.2 Å². The van der Waals surface area contributed by atoms with Crippen molar-refractivity contribution in [1.29, 1.82) is 5.41 Å². The summed E-state index contributed by atoms with van der Waals surface area (Å²) < 4.78 is 61.3. The number of halogens is 3. The fraction of sp³-hybridized carbons (Fsp3) is 0.560. The number of nitrogens with zero attached hydrogens (tertiary/aromatic N) is 2. The summed E-state index contributed by atoms with van der Waals surface area (Å²) in [6.07, 6.45) is 0.0149. The van der Waals surface area contributed by atoms with Crippen LogP contribution in [0.25, 0.3) is 0 Å². The summed E-state index contributed by atoms with van der Waals surface area (Å²) in [6, 6.07) is -1.16. The molecule has 8 nitrogen and oxygen atoms in total. The molecule has 0 bridgehead atoms. The number of imidazole rings is 1. The topological polar surface area (TPSA) is 98.5 Å². The van der Waals surface area contributed by atoms with Gasteiger partial charge in [-0.05, 0) is 52.6 Å². The molecule has 1 fully saturated rings. The molecular formula is C25H32BF3N4O4. The molecule has 2 atom stereocenters. The van der Waals surface area contributed by atoms with Gasteiger partial charge in [-0.2, -0.15) is 0 Å². The Morgan fingerprint density at radius 2 is 2.00 bits per heavy atom. The molecule has 1 saturated heterocycles. The summed E-state index contributed by atoms with van der Waals surface area (Å²) in [6.45, 7) is 10.9. The molecule has 12 heteroatoms. The number of esters is 1. The van der Waals surface area contributed by atoms with Crippen molar-refractivity contribution in [1.82, 2.24) is 14.9 Å². The standard InChI is InChI=1S/C25H32BF3N4O4/c1-7-35-23(34)21(20-18-8-14(27)11-33(18)12-32-20)31-10-16-15(22(28)29)9-17(13(2)19(16)30)26-36-24(3,4)25(5,6)37-26/h9-10,12,14,21-22,30-31H,7-8,11H2,1-6H3/b16-10-,30-19?/t14-,21?/m1/s1. The molecule has 0 saturated carbocycles. The number of hydrogen-bond donors (Lipinski definition) is 2. The number of carbonyl (C=O) groups is 1. The lowest BCUT2D eigenvalue weighted by Crippen LogP contribution is -2.41. The Morgan fingerprint density at radius 1 is 1.35 bits per heavy atom. The van der Waals surface area contributed by atoms with E-state index < -0.39 is 48.5 Å². The highest BCUT2D eigenvalue weighted by atomic mass is 19.3. The van der Waals surface area contributed by atoms with Gasteiger partial charge in [-0.25, -0.2) is 22.9 Å². The number of aromatic nitrogens is 2. The molecule has 1 unspecified atom stereocenters. The third-order valence-corrected chi connectivity index (χ3v) is 7.42. The summed E-state index contributed by atoms with van der Waals surface area (Å²) in [7, 11) is -0.914. The maximum Gasteiger partial charge on any atom is 0.495 e. The first-order valence-corrected chi connectivity index (χ1v) is 12.2. The molecule has 1 aromatic heterocycles. The van der Waals surface area contributed by atoms with Gasteiger partial charge in [-0.3, -0.25) is 5.41 Å². The second kappa shape index (κ2) is 9.79.